The van der Waals surface area contributed by atoms with E-state index in [2.05, 4.69) is 173 Å². The van der Waals surface area contributed by atoms with E-state index in [4.69, 9.17) is 13.8 Å². The summed E-state index contributed by atoms with van der Waals surface area (Å²) in [5.41, 5.74) is 14.5. The van der Waals surface area contributed by atoms with E-state index >= 15 is 0 Å². The lowest BCUT2D eigenvalue weighted by atomic mass is 9.72. The number of hydrogen-bond donors (Lipinski definition) is 0. The first kappa shape index (κ1) is 39.3. The molecule has 9 heteroatoms. The molecule has 0 aliphatic carbocycles. The van der Waals surface area contributed by atoms with E-state index in [-0.39, 0.29) is 10.8 Å². The molecule has 304 valence electrons. The molecule has 0 fully saturated rings. The summed E-state index contributed by atoms with van der Waals surface area (Å²) in [5.74, 6) is 3.14. The van der Waals surface area contributed by atoms with Crippen molar-refractivity contribution in [2.45, 2.75) is 138 Å². The van der Waals surface area contributed by atoms with Gasteiger partial charge in [-0.15, -0.1) is 0 Å². The Labute approximate surface area is 348 Å². The quantitative estimate of drug-likeness (QED) is 0.144. The largest absolute Gasteiger partial charge is 0.449 e. The van der Waals surface area contributed by atoms with E-state index in [1.807, 2.05) is 0 Å². The minimum atomic E-state index is -1.30. The zero-order valence-corrected chi connectivity index (χ0v) is 38.4. The molecule has 0 unspecified atom stereocenters. The van der Waals surface area contributed by atoms with Gasteiger partial charge < -0.3 is 13.8 Å². The first-order chi connectivity index (χ1) is 27.6. The highest BCUT2D eigenvalue weighted by atomic mass is 31.2. The van der Waals surface area contributed by atoms with Crippen molar-refractivity contribution in [1.82, 2.24) is 17.4 Å². The number of benzene rings is 2. The molecule has 0 N–H and O–H groups in total. The predicted octanol–water partition coefficient (Wildman–Crippen LogP) is 13.4. The highest BCUT2D eigenvalue weighted by Gasteiger charge is 2.43. The van der Waals surface area contributed by atoms with Crippen LogP contribution in [0, 0.1) is 0 Å². The number of aromatic nitrogens is 4. The smallest absolute Gasteiger partial charge is 0.318 e. The lowest BCUT2D eigenvalue weighted by Gasteiger charge is -2.40. The van der Waals surface area contributed by atoms with Crippen molar-refractivity contribution < 1.29 is 13.8 Å². The molecule has 0 saturated carbocycles. The maximum Gasteiger partial charge on any atom is 0.318 e. The van der Waals surface area contributed by atoms with Gasteiger partial charge in [0.25, 0.3) is 0 Å². The first-order valence-electron chi connectivity index (χ1n) is 21.4. The van der Waals surface area contributed by atoms with Crippen molar-refractivity contribution in [2.75, 3.05) is 0 Å². The van der Waals surface area contributed by atoms with Gasteiger partial charge in [-0.2, -0.15) is 0 Å². The molecule has 0 saturated heterocycles. The van der Waals surface area contributed by atoms with E-state index in [0.29, 0.717) is 0 Å². The Morgan fingerprint density at radius 1 is 0.517 bits per heavy atom. The molecule has 2 aromatic carbocycles. The highest BCUT2D eigenvalue weighted by molar-refractivity contribution is 7.50. The summed E-state index contributed by atoms with van der Waals surface area (Å²) in [5, 5.41) is 0. The van der Waals surface area contributed by atoms with Gasteiger partial charge in [0.1, 0.15) is 0 Å². The van der Waals surface area contributed by atoms with E-state index < -0.39 is 22.3 Å². The van der Waals surface area contributed by atoms with Gasteiger partial charge in [0, 0.05) is 74.9 Å². The molecule has 7 heterocycles. The van der Waals surface area contributed by atoms with Gasteiger partial charge in [-0.25, -0.2) is 0 Å². The molecule has 6 aromatic rings. The third-order valence-electron chi connectivity index (χ3n) is 12.7. The molecule has 0 spiro atoms. The van der Waals surface area contributed by atoms with Gasteiger partial charge in [0.15, 0.2) is 23.0 Å². The van der Waals surface area contributed by atoms with Crippen molar-refractivity contribution in [2.24, 2.45) is 0 Å². The molecule has 9 rings (SSSR count). The van der Waals surface area contributed by atoms with Crippen molar-refractivity contribution in [3.05, 3.63) is 141 Å². The minimum absolute atomic E-state index is 0.119. The molecule has 4 aromatic heterocycles. The maximum atomic E-state index is 7.57. The predicted molar refractivity (Wildman–Crippen MR) is 240 cm³/mol. The van der Waals surface area contributed by atoms with Gasteiger partial charge in [0.2, 0.25) is 0 Å². The summed E-state index contributed by atoms with van der Waals surface area (Å²) in [6.45, 7) is 27.5. The summed E-state index contributed by atoms with van der Waals surface area (Å²) >= 11 is 0. The second kappa shape index (κ2) is 14.0. The average Bonchev–Trinajstić information content (AvgIpc) is 3.98. The summed E-state index contributed by atoms with van der Waals surface area (Å²) in [4.78, 5) is 0. The van der Waals surface area contributed by atoms with Crippen LogP contribution in [0.4, 0.5) is 0 Å². The maximum absolute atomic E-state index is 7.57. The van der Waals surface area contributed by atoms with Crippen LogP contribution in [0.3, 0.4) is 0 Å². The Bertz CT molecular complexity index is 2300. The van der Waals surface area contributed by atoms with Gasteiger partial charge >= 0.3 is 16.9 Å². The van der Waals surface area contributed by atoms with Gasteiger partial charge in [-0.3, -0.25) is 17.4 Å². The Morgan fingerprint density at radius 2 is 0.828 bits per heavy atom. The number of nitrogens with zero attached hydrogens (tertiary/aromatic N) is 4. The zero-order chi connectivity index (χ0) is 41.1. The van der Waals surface area contributed by atoms with Crippen LogP contribution in [-0.2, 0) is 54.8 Å². The van der Waals surface area contributed by atoms with Crippen LogP contribution in [0.25, 0.3) is 0 Å². The third kappa shape index (κ3) is 6.12. The molecule has 0 bridgehead atoms. The molecular weight excluding hydrogens is 755 g/mol. The summed E-state index contributed by atoms with van der Waals surface area (Å²) in [7, 11) is -2.61. The SMILES string of the molecule is CCc1ccc2n1P(Oc1cc(C(C)(C)C)cc3c1Oc1c(OP4n5c(CC)ccc5Cc5ccc(CC)n54)cc(C(C)(C)C)cc1C3(C)C)n1c(CC)ccc1C2. The Balaban J connectivity index is 1.25. The number of aryl methyl sites for hydroxylation is 4. The Kier molecular flexibility index (Phi) is 9.45. The fraction of sp³-hybridized carbons (Fsp3) is 0.429. The van der Waals surface area contributed by atoms with Crippen LogP contribution in [0.5, 0.6) is 23.0 Å². The third-order valence-corrected chi connectivity index (χ3v) is 16.8. The second-order valence-electron chi connectivity index (χ2n) is 18.9. The van der Waals surface area contributed by atoms with E-state index in [1.165, 1.54) is 56.7 Å². The normalized spacial score (nSPS) is 15.9. The van der Waals surface area contributed by atoms with Crippen LogP contribution >= 0.6 is 16.9 Å². The zero-order valence-electron chi connectivity index (χ0n) is 36.6. The minimum Gasteiger partial charge on any atom is -0.449 e. The van der Waals surface area contributed by atoms with E-state index in [9.17, 15) is 0 Å². The monoisotopic (exact) mass is 814 g/mol. The number of ether oxygens (including phenoxy) is 1. The van der Waals surface area contributed by atoms with Crippen molar-refractivity contribution in [3.63, 3.8) is 0 Å². The average molecular weight is 815 g/mol. The van der Waals surface area contributed by atoms with E-state index in [0.717, 1.165) is 72.6 Å². The topological polar surface area (TPSA) is 47.4 Å². The Morgan fingerprint density at radius 3 is 1.10 bits per heavy atom. The van der Waals surface area contributed by atoms with Gasteiger partial charge in [-0.1, -0.05) is 95.2 Å². The van der Waals surface area contributed by atoms with Crippen LogP contribution in [-0.4, -0.2) is 17.4 Å². The standard InChI is InChI=1S/C49H60N4O3P2/c1-13-33-17-21-37-29-38-22-18-34(14-2)51(38)57(50(33)37)55-43-27-31(47(5,6)7)25-41-45(43)54-46-42(49(41,11)12)26-32(48(8,9)10)28-44(46)56-58-52-35(15-3)19-23-39(52)30-40-24-20-36(16-4)53(40)58/h17-28H,13-16,29-30H2,1-12H3. The summed E-state index contributed by atoms with van der Waals surface area (Å²) in [6.07, 6.45) is 5.52. The van der Waals surface area contributed by atoms with Crippen LogP contribution in [0.15, 0.2) is 72.8 Å². The molecule has 0 radical (unpaired) electrons. The number of hydrogen-bond acceptors (Lipinski definition) is 3. The number of fused-ring (bicyclic) bond motifs is 6. The molecular formula is C49H60N4O3P2. The number of rotatable bonds is 8. The van der Waals surface area contributed by atoms with E-state index in [1.54, 1.807) is 0 Å². The van der Waals surface area contributed by atoms with Crippen molar-refractivity contribution in [3.8, 4) is 23.0 Å². The van der Waals surface area contributed by atoms with Crippen molar-refractivity contribution >= 4 is 16.9 Å². The van der Waals surface area contributed by atoms with Crippen LogP contribution in [0.1, 0.15) is 151 Å². The molecule has 3 aliphatic rings. The lowest BCUT2D eigenvalue weighted by molar-refractivity contribution is 0.380. The lowest BCUT2D eigenvalue weighted by Crippen LogP contribution is -2.28. The fourth-order valence-corrected chi connectivity index (χ4v) is 13.5. The summed E-state index contributed by atoms with van der Waals surface area (Å²) in [6, 6.07) is 27.6. The molecule has 3 aliphatic heterocycles. The van der Waals surface area contributed by atoms with Crippen LogP contribution in [0.2, 0.25) is 0 Å². The van der Waals surface area contributed by atoms with Gasteiger partial charge in [0.05, 0.1) is 0 Å². The highest BCUT2D eigenvalue weighted by Crippen LogP contribution is 2.61. The van der Waals surface area contributed by atoms with Crippen LogP contribution < -0.4 is 13.8 Å². The van der Waals surface area contributed by atoms with Gasteiger partial charge in [-0.05, 0) is 108 Å². The van der Waals surface area contributed by atoms with Crippen molar-refractivity contribution in [1.29, 1.82) is 0 Å². The second-order valence-corrected chi connectivity index (χ2v) is 21.9. The molecule has 7 nitrogen and oxygen atoms in total. The Hall–Kier alpha value is -4.18. The first-order valence-corrected chi connectivity index (χ1v) is 23.7. The molecule has 58 heavy (non-hydrogen) atoms. The molecule has 0 atom stereocenters. The molecule has 0 amide bonds. The summed E-state index contributed by atoms with van der Waals surface area (Å²) < 4.78 is 32.5. The fourth-order valence-electron chi connectivity index (χ4n) is 9.04.